The second-order valence-corrected chi connectivity index (χ2v) is 7.65. The van der Waals surface area contributed by atoms with Crippen LogP contribution in [0.2, 0.25) is 5.02 Å². The van der Waals surface area contributed by atoms with Crippen LogP contribution in [0.3, 0.4) is 0 Å². The van der Waals surface area contributed by atoms with Crippen LogP contribution in [-0.4, -0.2) is 17.6 Å². The lowest BCUT2D eigenvalue weighted by atomic mass is 9.88. The van der Waals surface area contributed by atoms with Crippen molar-refractivity contribution in [2.75, 3.05) is 6.79 Å². The van der Waals surface area contributed by atoms with Crippen molar-refractivity contribution in [1.82, 2.24) is 4.98 Å². The highest BCUT2D eigenvalue weighted by Crippen LogP contribution is 2.51. The van der Waals surface area contributed by atoms with Crippen LogP contribution in [0.1, 0.15) is 24.1 Å². The number of fused-ring (bicyclic) bond motifs is 1. The monoisotopic (exact) mass is 391 g/mol. The second-order valence-electron chi connectivity index (χ2n) is 7.24. The second kappa shape index (κ2) is 6.64. The average Bonchev–Trinajstić information content (AvgIpc) is 3.40. The van der Waals surface area contributed by atoms with Crippen LogP contribution in [0.15, 0.2) is 60.7 Å². The van der Waals surface area contributed by atoms with E-state index in [9.17, 15) is 4.79 Å². The van der Waals surface area contributed by atoms with Crippen molar-refractivity contribution >= 4 is 17.4 Å². The Hall–Kier alpha value is -2.85. The molecule has 2 heterocycles. The molecule has 28 heavy (non-hydrogen) atoms. The van der Waals surface area contributed by atoms with Crippen molar-refractivity contribution in [3.8, 4) is 22.8 Å². The molecule has 1 aliphatic carbocycles. The molecule has 4 nitrogen and oxygen atoms in total. The summed E-state index contributed by atoms with van der Waals surface area (Å²) in [7, 11) is 0. The summed E-state index contributed by atoms with van der Waals surface area (Å²) in [6, 6.07) is 19.2. The van der Waals surface area contributed by atoms with Crippen LogP contribution < -0.4 is 9.47 Å². The third-order valence-electron chi connectivity index (χ3n) is 5.51. The van der Waals surface area contributed by atoms with Crippen molar-refractivity contribution in [2.45, 2.75) is 24.7 Å². The van der Waals surface area contributed by atoms with Gasteiger partial charge in [0.1, 0.15) is 5.78 Å². The third-order valence-corrected chi connectivity index (χ3v) is 5.84. The molecule has 5 heteroatoms. The van der Waals surface area contributed by atoms with E-state index >= 15 is 0 Å². The van der Waals surface area contributed by atoms with Crippen LogP contribution >= 0.6 is 11.6 Å². The maximum absolute atomic E-state index is 13.2. The predicted molar refractivity (Wildman–Crippen MR) is 107 cm³/mol. The summed E-state index contributed by atoms with van der Waals surface area (Å²) in [6.07, 6.45) is 2.01. The van der Waals surface area contributed by atoms with Crippen molar-refractivity contribution in [3.63, 3.8) is 0 Å². The van der Waals surface area contributed by atoms with E-state index in [1.54, 1.807) is 0 Å². The predicted octanol–water partition coefficient (Wildman–Crippen LogP) is 4.97. The Balaban J connectivity index is 1.40. The zero-order valence-electron chi connectivity index (χ0n) is 15.2. The number of aromatic nitrogens is 1. The molecule has 140 valence electrons. The topological polar surface area (TPSA) is 48.4 Å². The number of hydrogen-bond acceptors (Lipinski definition) is 4. The number of benzene rings is 2. The SMILES string of the molecule is O=C(Cc1cccc(-c2ccccc2Cl)n1)C1(c2ccc3c(c2)OCO3)CC1. The number of rotatable bonds is 5. The van der Waals surface area contributed by atoms with E-state index in [-0.39, 0.29) is 12.6 Å². The van der Waals surface area contributed by atoms with Gasteiger partial charge in [0.2, 0.25) is 6.79 Å². The molecule has 0 spiro atoms. The Morgan fingerprint density at radius 2 is 1.82 bits per heavy atom. The summed E-state index contributed by atoms with van der Waals surface area (Å²) in [6.45, 7) is 0.235. The molecule has 1 aliphatic heterocycles. The fourth-order valence-electron chi connectivity index (χ4n) is 3.78. The number of Topliss-reactive ketones (excluding diaryl/α,β-unsaturated/α-hetero) is 1. The fraction of sp³-hybridized carbons (Fsp3) is 0.217. The highest BCUT2D eigenvalue weighted by Gasteiger charge is 2.50. The molecular formula is C23H18ClNO3. The van der Waals surface area contributed by atoms with E-state index in [0.717, 1.165) is 46.9 Å². The van der Waals surface area contributed by atoms with Gasteiger partial charge in [0.25, 0.3) is 0 Å². The van der Waals surface area contributed by atoms with E-state index in [2.05, 4.69) is 4.98 Å². The Bertz CT molecular complexity index is 1070. The van der Waals surface area contributed by atoms with E-state index in [1.165, 1.54) is 0 Å². The molecule has 0 atom stereocenters. The zero-order chi connectivity index (χ0) is 19.1. The first-order valence-corrected chi connectivity index (χ1v) is 9.68. The molecule has 2 aromatic carbocycles. The summed E-state index contributed by atoms with van der Waals surface area (Å²) < 4.78 is 10.9. The number of ether oxygens (including phenoxy) is 2. The van der Waals surface area contributed by atoms with Gasteiger partial charge in [-0.15, -0.1) is 0 Å². The highest BCUT2D eigenvalue weighted by atomic mass is 35.5. The Labute approximate surface area is 168 Å². The standard InChI is InChI=1S/C23H18ClNO3/c24-18-6-2-1-5-17(18)19-7-3-4-16(25-19)13-22(26)23(10-11-23)15-8-9-20-21(12-15)28-14-27-20/h1-9,12H,10-11,13-14H2. The average molecular weight is 392 g/mol. The first-order chi connectivity index (χ1) is 13.7. The van der Waals surface area contributed by atoms with E-state index in [1.807, 2.05) is 60.7 Å². The van der Waals surface area contributed by atoms with E-state index in [0.29, 0.717) is 11.4 Å². The van der Waals surface area contributed by atoms with Gasteiger partial charge in [-0.1, -0.05) is 41.9 Å². The van der Waals surface area contributed by atoms with Gasteiger partial charge < -0.3 is 9.47 Å². The first kappa shape index (κ1) is 17.3. The molecule has 0 amide bonds. The summed E-state index contributed by atoms with van der Waals surface area (Å²) >= 11 is 6.30. The minimum absolute atomic E-state index is 0.190. The van der Waals surface area contributed by atoms with Gasteiger partial charge in [-0.25, -0.2) is 0 Å². The summed E-state index contributed by atoms with van der Waals surface area (Å²) in [5, 5.41) is 0.650. The minimum atomic E-state index is -0.428. The normalized spacial score (nSPS) is 16.0. The fourth-order valence-corrected chi connectivity index (χ4v) is 4.01. The smallest absolute Gasteiger partial charge is 0.231 e. The Morgan fingerprint density at radius 1 is 1.00 bits per heavy atom. The highest BCUT2D eigenvalue weighted by molar-refractivity contribution is 6.33. The van der Waals surface area contributed by atoms with Gasteiger partial charge in [0.05, 0.1) is 11.1 Å². The quantitative estimate of drug-likeness (QED) is 0.615. The van der Waals surface area contributed by atoms with Gasteiger partial charge in [-0.3, -0.25) is 9.78 Å². The first-order valence-electron chi connectivity index (χ1n) is 9.30. The Morgan fingerprint density at radius 3 is 2.64 bits per heavy atom. The van der Waals surface area contributed by atoms with E-state index in [4.69, 9.17) is 21.1 Å². The maximum Gasteiger partial charge on any atom is 0.231 e. The van der Waals surface area contributed by atoms with Gasteiger partial charge in [-0.05, 0) is 48.7 Å². The summed E-state index contributed by atoms with van der Waals surface area (Å²) in [5.41, 5.74) is 2.99. The van der Waals surface area contributed by atoms with Gasteiger partial charge >= 0.3 is 0 Å². The third kappa shape index (κ3) is 2.94. The number of halogens is 1. The molecule has 5 rings (SSSR count). The largest absolute Gasteiger partial charge is 0.454 e. The van der Waals surface area contributed by atoms with Crippen LogP contribution in [-0.2, 0) is 16.6 Å². The summed E-state index contributed by atoms with van der Waals surface area (Å²) in [4.78, 5) is 17.9. The molecule has 0 radical (unpaired) electrons. The molecule has 0 unspecified atom stereocenters. The molecule has 3 aromatic rings. The zero-order valence-corrected chi connectivity index (χ0v) is 15.9. The molecule has 0 N–H and O–H groups in total. The molecule has 0 saturated heterocycles. The molecule has 0 bridgehead atoms. The van der Waals surface area contributed by atoms with Crippen molar-refractivity contribution in [2.24, 2.45) is 0 Å². The number of carbonyl (C=O) groups excluding carboxylic acids is 1. The lowest BCUT2D eigenvalue weighted by molar-refractivity contribution is -0.120. The Kier molecular flexibility index (Phi) is 4.09. The number of hydrogen-bond donors (Lipinski definition) is 0. The molecule has 1 fully saturated rings. The number of nitrogens with zero attached hydrogens (tertiary/aromatic N) is 1. The molecule has 2 aliphatic rings. The van der Waals surface area contributed by atoms with Crippen molar-refractivity contribution in [1.29, 1.82) is 0 Å². The summed E-state index contributed by atoms with van der Waals surface area (Å²) in [5.74, 6) is 1.65. The molecule has 1 aromatic heterocycles. The number of carbonyl (C=O) groups is 1. The van der Waals surface area contributed by atoms with Gasteiger partial charge in [0, 0.05) is 22.7 Å². The van der Waals surface area contributed by atoms with E-state index < -0.39 is 5.41 Å². The van der Waals surface area contributed by atoms with Gasteiger partial charge in [-0.2, -0.15) is 0 Å². The number of ketones is 1. The lowest BCUT2D eigenvalue weighted by Crippen LogP contribution is -2.23. The van der Waals surface area contributed by atoms with Crippen molar-refractivity contribution in [3.05, 3.63) is 76.9 Å². The van der Waals surface area contributed by atoms with Crippen LogP contribution in [0.4, 0.5) is 0 Å². The molecule has 1 saturated carbocycles. The van der Waals surface area contributed by atoms with Crippen LogP contribution in [0.25, 0.3) is 11.3 Å². The van der Waals surface area contributed by atoms with Crippen LogP contribution in [0.5, 0.6) is 11.5 Å². The van der Waals surface area contributed by atoms with Crippen LogP contribution in [0, 0.1) is 0 Å². The van der Waals surface area contributed by atoms with Gasteiger partial charge in [0.15, 0.2) is 11.5 Å². The lowest BCUT2D eigenvalue weighted by Gasteiger charge is -2.15. The van der Waals surface area contributed by atoms with Crippen molar-refractivity contribution < 1.29 is 14.3 Å². The minimum Gasteiger partial charge on any atom is -0.454 e. The molecular weight excluding hydrogens is 374 g/mol. The maximum atomic E-state index is 13.2. The number of pyridine rings is 1.